The number of carbonyl (C=O) groups is 3. The molecule has 0 heterocycles. The van der Waals surface area contributed by atoms with E-state index in [1.165, 1.54) is 32.4 Å². The molecule has 3 N–H and O–H groups in total. The average Bonchev–Trinajstić information content (AvgIpc) is 2.44. The minimum absolute atomic E-state index is 0.0242. The van der Waals surface area contributed by atoms with E-state index in [9.17, 15) is 14.4 Å². The molecule has 1 rings (SSSR count). The van der Waals surface area contributed by atoms with Crippen molar-refractivity contribution in [1.29, 1.82) is 0 Å². The fourth-order valence-electron chi connectivity index (χ4n) is 1.29. The maximum Gasteiger partial charge on any atom is 0.339 e. The molecule has 108 valence electrons. The van der Waals surface area contributed by atoms with Crippen LogP contribution in [-0.2, 0) is 4.79 Å². The molecule has 3 amide bonds. The Kier molecular flexibility index (Phi) is 5.33. The zero-order chi connectivity index (χ0) is 15.1. The van der Waals surface area contributed by atoms with Crippen LogP contribution in [0, 0.1) is 0 Å². The maximum atomic E-state index is 11.3. The molecule has 0 saturated carbocycles. The predicted molar refractivity (Wildman–Crippen MR) is 68.0 cm³/mol. The lowest BCUT2D eigenvalue weighted by molar-refractivity contribution is -0.122. The van der Waals surface area contributed by atoms with Crippen molar-refractivity contribution in [2.75, 3.05) is 20.8 Å². The number of imide groups is 1. The summed E-state index contributed by atoms with van der Waals surface area (Å²) in [7, 11) is 2.77. The van der Waals surface area contributed by atoms with Gasteiger partial charge in [-0.3, -0.25) is 10.1 Å². The largest absolute Gasteiger partial charge is 0.497 e. The van der Waals surface area contributed by atoms with Gasteiger partial charge in [-0.15, -0.1) is 0 Å². The first-order valence-electron chi connectivity index (χ1n) is 5.53. The predicted octanol–water partition coefficient (Wildman–Crippen LogP) is 0.228. The van der Waals surface area contributed by atoms with Crippen LogP contribution in [0.25, 0.3) is 0 Å². The van der Waals surface area contributed by atoms with Crippen LogP contribution < -0.4 is 20.1 Å². The van der Waals surface area contributed by atoms with E-state index < -0.39 is 24.5 Å². The third-order valence-electron chi connectivity index (χ3n) is 2.26. The first kappa shape index (κ1) is 15.3. The van der Waals surface area contributed by atoms with Gasteiger partial charge in [0.15, 0.2) is 6.61 Å². The molecule has 0 aliphatic carbocycles. The zero-order valence-corrected chi connectivity index (χ0v) is 10.9. The van der Waals surface area contributed by atoms with Crippen molar-refractivity contribution >= 4 is 17.9 Å². The van der Waals surface area contributed by atoms with E-state index in [4.69, 9.17) is 14.6 Å². The van der Waals surface area contributed by atoms with Crippen LogP contribution in [0.1, 0.15) is 10.4 Å². The Bertz CT molecular complexity index is 529. The average molecular weight is 282 g/mol. The smallest absolute Gasteiger partial charge is 0.339 e. The van der Waals surface area contributed by atoms with Crippen molar-refractivity contribution in [2.45, 2.75) is 0 Å². The SMILES string of the molecule is CNC(=O)NC(=O)COc1cc(OC)ccc1C(=O)O. The summed E-state index contributed by atoms with van der Waals surface area (Å²) >= 11 is 0. The molecule has 0 fully saturated rings. The highest BCUT2D eigenvalue weighted by atomic mass is 16.5. The number of urea groups is 1. The molecule has 0 aliphatic rings. The third-order valence-corrected chi connectivity index (χ3v) is 2.26. The quantitative estimate of drug-likeness (QED) is 0.712. The Hall–Kier alpha value is -2.77. The van der Waals surface area contributed by atoms with Crippen LogP contribution in [0.5, 0.6) is 11.5 Å². The highest BCUT2D eigenvalue weighted by Crippen LogP contribution is 2.24. The molecule has 0 aromatic heterocycles. The molecule has 8 nitrogen and oxygen atoms in total. The number of hydrogen-bond donors (Lipinski definition) is 3. The molecule has 20 heavy (non-hydrogen) atoms. The van der Waals surface area contributed by atoms with Gasteiger partial charge < -0.3 is 19.9 Å². The topological polar surface area (TPSA) is 114 Å². The second kappa shape index (κ2) is 6.98. The Balaban J connectivity index is 2.77. The second-order valence-corrected chi connectivity index (χ2v) is 3.58. The van der Waals surface area contributed by atoms with Gasteiger partial charge >= 0.3 is 12.0 Å². The Morgan fingerprint density at radius 1 is 1.30 bits per heavy atom. The van der Waals surface area contributed by atoms with Gasteiger partial charge in [-0.05, 0) is 12.1 Å². The van der Waals surface area contributed by atoms with Crippen molar-refractivity contribution < 1.29 is 29.0 Å². The summed E-state index contributed by atoms with van der Waals surface area (Å²) in [6.07, 6.45) is 0. The fraction of sp³-hybridized carbons (Fsp3) is 0.250. The Morgan fingerprint density at radius 2 is 2.00 bits per heavy atom. The number of amides is 3. The normalized spacial score (nSPS) is 9.50. The van der Waals surface area contributed by atoms with Gasteiger partial charge in [0.05, 0.1) is 7.11 Å². The van der Waals surface area contributed by atoms with E-state index in [1.54, 1.807) is 0 Å². The summed E-state index contributed by atoms with van der Waals surface area (Å²) in [5, 5.41) is 13.2. The van der Waals surface area contributed by atoms with Crippen molar-refractivity contribution in [2.24, 2.45) is 0 Å². The summed E-state index contributed by atoms with van der Waals surface area (Å²) in [4.78, 5) is 33.2. The molecule has 8 heteroatoms. The van der Waals surface area contributed by atoms with E-state index in [0.717, 1.165) is 0 Å². The standard InChI is InChI=1S/C12H14N2O6/c1-13-12(18)14-10(15)6-20-9-5-7(19-2)3-4-8(9)11(16)17/h3-5H,6H2,1-2H3,(H,16,17)(H2,13,14,15,18). The first-order valence-corrected chi connectivity index (χ1v) is 5.53. The minimum Gasteiger partial charge on any atom is -0.497 e. The molecule has 1 aromatic carbocycles. The van der Waals surface area contributed by atoms with Crippen molar-refractivity contribution in [3.05, 3.63) is 23.8 Å². The van der Waals surface area contributed by atoms with E-state index >= 15 is 0 Å². The monoisotopic (exact) mass is 282 g/mol. The van der Waals surface area contributed by atoms with E-state index in [-0.39, 0.29) is 11.3 Å². The number of hydrogen-bond acceptors (Lipinski definition) is 5. The first-order chi connectivity index (χ1) is 9.47. The molecule has 0 radical (unpaired) electrons. The molecule has 0 bridgehead atoms. The lowest BCUT2D eigenvalue weighted by atomic mass is 10.2. The fourth-order valence-corrected chi connectivity index (χ4v) is 1.29. The van der Waals surface area contributed by atoms with Gasteiger partial charge in [0, 0.05) is 13.1 Å². The molecule has 0 unspecified atom stereocenters. The van der Waals surface area contributed by atoms with Crippen molar-refractivity contribution in [1.82, 2.24) is 10.6 Å². The summed E-state index contributed by atoms with van der Waals surface area (Å²) < 4.78 is 10.0. The molecule has 0 atom stereocenters. The molecular weight excluding hydrogens is 268 g/mol. The van der Waals surface area contributed by atoms with Crippen LogP contribution in [0.15, 0.2) is 18.2 Å². The van der Waals surface area contributed by atoms with Crippen LogP contribution in [0.3, 0.4) is 0 Å². The van der Waals surface area contributed by atoms with E-state index in [1.807, 2.05) is 5.32 Å². The van der Waals surface area contributed by atoms with Crippen LogP contribution >= 0.6 is 0 Å². The lowest BCUT2D eigenvalue weighted by Crippen LogP contribution is -2.40. The van der Waals surface area contributed by atoms with Crippen LogP contribution in [0.4, 0.5) is 4.79 Å². The third kappa shape index (κ3) is 4.16. The number of rotatable bonds is 5. The number of nitrogens with one attached hydrogen (secondary N) is 2. The summed E-state index contributed by atoms with van der Waals surface area (Å²) in [6.45, 7) is -0.499. The number of carboxylic acids is 1. The summed E-state index contributed by atoms with van der Waals surface area (Å²) in [5.74, 6) is -1.54. The van der Waals surface area contributed by atoms with Gasteiger partial charge in [0.1, 0.15) is 17.1 Å². The van der Waals surface area contributed by atoms with Crippen LogP contribution in [-0.4, -0.2) is 43.8 Å². The number of benzene rings is 1. The number of aromatic carboxylic acids is 1. The zero-order valence-electron chi connectivity index (χ0n) is 10.9. The summed E-state index contributed by atoms with van der Waals surface area (Å²) in [6, 6.07) is 3.42. The molecule has 0 spiro atoms. The van der Waals surface area contributed by atoms with E-state index in [2.05, 4.69) is 5.32 Å². The van der Waals surface area contributed by atoms with Crippen molar-refractivity contribution in [3.63, 3.8) is 0 Å². The number of methoxy groups -OCH3 is 1. The number of ether oxygens (including phenoxy) is 2. The van der Waals surface area contributed by atoms with Gasteiger partial charge in [0.25, 0.3) is 5.91 Å². The Morgan fingerprint density at radius 3 is 2.55 bits per heavy atom. The van der Waals surface area contributed by atoms with Gasteiger partial charge in [-0.1, -0.05) is 0 Å². The minimum atomic E-state index is -1.20. The summed E-state index contributed by atoms with van der Waals surface area (Å²) in [5.41, 5.74) is -0.112. The molecular formula is C12H14N2O6. The van der Waals surface area contributed by atoms with Crippen LogP contribution in [0.2, 0.25) is 0 Å². The van der Waals surface area contributed by atoms with Gasteiger partial charge in [-0.2, -0.15) is 0 Å². The van der Waals surface area contributed by atoms with Gasteiger partial charge in [-0.25, -0.2) is 9.59 Å². The highest BCUT2D eigenvalue weighted by molar-refractivity contribution is 5.95. The second-order valence-electron chi connectivity index (χ2n) is 3.58. The maximum absolute atomic E-state index is 11.3. The lowest BCUT2D eigenvalue weighted by Gasteiger charge is -2.10. The Labute approximate surface area is 114 Å². The number of carbonyl (C=O) groups excluding carboxylic acids is 2. The highest BCUT2D eigenvalue weighted by Gasteiger charge is 2.14. The van der Waals surface area contributed by atoms with E-state index in [0.29, 0.717) is 5.75 Å². The molecule has 0 saturated heterocycles. The molecule has 1 aromatic rings. The number of carboxylic acid groups (broad SMARTS) is 1. The molecule has 0 aliphatic heterocycles. The van der Waals surface area contributed by atoms with Gasteiger partial charge in [0.2, 0.25) is 0 Å². The van der Waals surface area contributed by atoms with Crippen molar-refractivity contribution in [3.8, 4) is 11.5 Å².